The van der Waals surface area contributed by atoms with Crippen LogP contribution in [0.1, 0.15) is 23.9 Å². The number of nitrogens with zero attached hydrogens (tertiary/aromatic N) is 1. The number of carbonyl (C=O) groups is 1. The van der Waals surface area contributed by atoms with Gasteiger partial charge in [0.2, 0.25) is 0 Å². The second-order valence-electron chi connectivity index (χ2n) is 3.62. The number of aryl methyl sites for hydroxylation is 2. The van der Waals surface area contributed by atoms with Gasteiger partial charge in [-0.1, -0.05) is 0 Å². The molecule has 0 saturated heterocycles. The number of carboxylic acids is 1. The van der Waals surface area contributed by atoms with Gasteiger partial charge in [-0.2, -0.15) is 11.8 Å². The third-order valence-electron chi connectivity index (χ3n) is 2.52. The Morgan fingerprint density at radius 3 is 2.40 bits per heavy atom. The Morgan fingerprint density at radius 2 is 2.00 bits per heavy atom. The van der Waals surface area contributed by atoms with E-state index in [1.165, 1.54) is 0 Å². The largest absolute Gasteiger partial charge is 0.480 e. The van der Waals surface area contributed by atoms with Crippen molar-refractivity contribution in [2.24, 2.45) is 0 Å². The van der Waals surface area contributed by atoms with Gasteiger partial charge in [0.25, 0.3) is 0 Å². The Labute approximate surface area is 94.5 Å². The van der Waals surface area contributed by atoms with Crippen LogP contribution < -0.4 is 0 Å². The summed E-state index contributed by atoms with van der Waals surface area (Å²) in [6.07, 6.45) is 2.67. The van der Waals surface area contributed by atoms with Crippen LogP contribution in [-0.4, -0.2) is 27.7 Å². The Morgan fingerprint density at radius 1 is 1.47 bits per heavy atom. The lowest BCUT2D eigenvalue weighted by atomic mass is 10.2. The maximum absolute atomic E-state index is 11.2. The molecule has 1 atom stereocenters. The van der Waals surface area contributed by atoms with E-state index in [0.29, 0.717) is 6.42 Å². The van der Waals surface area contributed by atoms with Crippen LogP contribution in [0.25, 0.3) is 0 Å². The summed E-state index contributed by atoms with van der Waals surface area (Å²) in [5.41, 5.74) is 2.03. The maximum atomic E-state index is 11.2. The zero-order valence-corrected chi connectivity index (χ0v) is 10.2. The Kier molecular flexibility index (Phi) is 4.27. The van der Waals surface area contributed by atoms with Gasteiger partial charge in [-0.15, -0.1) is 0 Å². The molecule has 15 heavy (non-hydrogen) atoms. The minimum Gasteiger partial charge on any atom is -0.480 e. The zero-order valence-electron chi connectivity index (χ0n) is 9.36. The van der Waals surface area contributed by atoms with E-state index in [1.807, 2.05) is 36.8 Å². The van der Waals surface area contributed by atoms with Crippen molar-refractivity contribution in [2.75, 3.05) is 12.0 Å². The number of aromatic nitrogens is 1. The first-order valence-electron chi connectivity index (χ1n) is 4.94. The fourth-order valence-electron chi connectivity index (χ4n) is 1.76. The van der Waals surface area contributed by atoms with Gasteiger partial charge >= 0.3 is 5.97 Å². The predicted octanol–water partition coefficient (Wildman–Crippen LogP) is 2.48. The standard InChI is InChI=1S/C11H17NO2S/c1-8-4-5-9(2)12(8)10(11(13)14)6-7-15-3/h4-5,10H,6-7H2,1-3H3,(H,13,14). The summed E-state index contributed by atoms with van der Waals surface area (Å²) in [5, 5.41) is 9.19. The van der Waals surface area contributed by atoms with Crippen molar-refractivity contribution in [3.05, 3.63) is 23.5 Å². The lowest BCUT2D eigenvalue weighted by Gasteiger charge is -2.18. The predicted molar refractivity (Wildman–Crippen MR) is 63.6 cm³/mol. The van der Waals surface area contributed by atoms with Gasteiger partial charge in [-0.3, -0.25) is 0 Å². The van der Waals surface area contributed by atoms with Crippen LogP contribution in [0.5, 0.6) is 0 Å². The molecule has 1 aromatic rings. The highest BCUT2D eigenvalue weighted by Gasteiger charge is 2.21. The number of hydrogen-bond acceptors (Lipinski definition) is 2. The first-order valence-corrected chi connectivity index (χ1v) is 6.33. The van der Waals surface area contributed by atoms with E-state index in [0.717, 1.165) is 17.1 Å². The van der Waals surface area contributed by atoms with Crippen LogP contribution in [0, 0.1) is 13.8 Å². The molecule has 0 spiro atoms. The first kappa shape index (κ1) is 12.2. The van der Waals surface area contributed by atoms with E-state index in [4.69, 9.17) is 0 Å². The van der Waals surface area contributed by atoms with Crippen LogP contribution in [-0.2, 0) is 4.79 Å². The number of thioether (sulfide) groups is 1. The summed E-state index contributed by atoms with van der Waals surface area (Å²) < 4.78 is 1.90. The topological polar surface area (TPSA) is 42.2 Å². The molecule has 0 fully saturated rings. The fourth-order valence-corrected chi connectivity index (χ4v) is 2.22. The van der Waals surface area contributed by atoms with Crippen LogP contribution >= 0.6 is 11.8 Å². The molecule has 1 N–H and O–H groups in total. The van der Waals surface area contributed by atoms with E-state index >= 15 is 0 Å². The molecule has 0 aliphatic carbocycles. The quantitative estimate of drug-likeness (QED) is 0.840. The van der Waals surface area contributed by atoms with Crippen LogP contribution in [0.3, 0.4) is 0 Å². The van der Waals surface area contributed by atoms with Gasteiger partial charge in [-0.25, -0.2) is 4.79 Å². The molecule has 0 bridgehead atoms. The molecule has 1 aromatic heterocycles. The van der Waals surface area contributed by atoms with Crippen LogP contribution in [0.15, 0.2) is 12.1 Å². The van der Waals surface area contributed by atoms with Gasteiger partial charge in [0, 0.05) is 11.4 Å². The van der Waals surface area contributed by atoms with E-state index in [2.05, 4.69) is 0 Å². The Hall–Kier alpha value is -0.900. The molecule has 84 valence electrons. The summed E-state index contributed by atoms with van der Waals surface area (Å²) in [5.74, 6) is 0.125. The van der Waals surface area contributed by atoms with Crippen molar-refractivity contribution in [2.45, 2.75) is 26.3 Å². The molecule has 1 rings (SSSR count). The molecule has 0 amide bonds. The highest BCUT2D eigenvalue weighted by molar-refractivity contribution is 7.98. The van der Waals surface area contributed by atoms with E-state index in [1.54, 1.807) is 11.8 Å². The average Bonchev–Trinajstić information content (AvgIpc) is 2.49. The second-order valence-corrected chi connectivity index (χ2v) is 4.61. The Bertz CT molecular complexity index is 327. The molecule has 0 aromatic carbocycles. The van der Waals surface area contributed by atoms with E-state index in [-0.39, 0.29) is 0 Å². The highest BCUT2D eigenvalue weighted by atomic mass is 32.2. The third-order valence-corrected chi connectivity index (χ3v) is 3.16. The van der Waals surface area contributed by atoms with Crippen molar-refractivity contribution in [1.82, 2.24) is 4.57 Å². The maximum Gasteiger partial charge on any atom is 0.326 e. The normalized spacial score (nSPS) is 12.7. The zero-order chi connectivity index (χ0) is 11.4. The lowest BCUT2D eigenvalue weighted by molar-refractivity contribution is -0.141. The number of hydrogen-bond donors (Lipinski definition) is 1. The molecule has 0 aliphatic rings. The van der Waals surface area contributed by atoms with Crippen molar-refractivity contribution in [1.29, 1.82) is 0 Å². The molecule has 1 unspecified atom stereocenters. The molecule has 4 heteroatoms. The summed E-state index contributed by atoms with van der Waals surface area (Å²) in [6.45, 7) is 3.89. The fraction of sp³-hybridized carbons (Fsp3) is 0.545. The molecule has 3 nitrogen and oxygen atoms in total. The summed E-state index contributed by atoms with van der Waals surface area (Å²) in [6, 6.07) is 3.50. The molecule has 0 aliphatic heterocycles. The van der Waals surface area contributed by atoms with E-state index in [9.17, 15) is 9.90 Å². The van der Waals surface area contributed by atoms with Gasteiger partial charge < -0.3 is 9.67 Å². The van der Waals surface area contributed by atoms with Crippen molar-refractivity contribution >= 4 is 17.7 Å². The number of carboxylic acid groups (broad SMARTS) is 1. The van der Waals surface area contributed by atoms with Gasteiger partial charge in [0.05, 0.1) is 0 Å². The van der Waals surface area contributed by atoms with Crippen LogP contribution in [0.2, 0.25) is 0 Å². The smallest absolute Gasteiger partial charge is 0.326 e. The second kappa shape index (κ2) is 5.26. The molecular weight excluding hydrogens is 210 g/mol. The Balaban J connectivity index is 2.93. The number of rotatable bonds is 5. The molecule has 0 saturated carbocycles. The van der Waals surface area contributed by atoms with Crippen LogP contribution in [0.4, 0.5) is 0 Å². The molecule has 1 heterocycles. The summed E-state index contributed by atoms with van der Waals surface area (Å²) in [7, 11) is 0. The minimum absolute atomic E-state index is 0.424. The number of aliphatic carboxylic acids is 1. The summed E-state index contributed by atoms with van der Waals surface area (Å²) >= 11 is 1.68. The minimum atomic E-state index is -0.744. The monoisotopic (exact) mass is 227 g/mol. The molecule has 0 radical (unpaired) electrons. The van der Waals surface area contributed by atoms with Crippen molar-refractivity contribution in [3.8, 4) is 0 Å². The van der Waals surface area contributed by atoms with E-state index < -0.39 is 12.0 Å². The van der Waals surface area contributed by atoms with Gasteiger partial charge in [0.15, 0.2) is 0 Å². The van der Waals surface area contributed by atoms with Crippen molar-refractivity contribution in [3.63, 3.8) is 0 Å². The van der Waals surface area contributed by atoms with Crippen molar-refractivity contribution < 1.29 is 9.90 Å². The first-order chi connectivity index (χ1) is 7.07. The SMILES string of the molecule is CSCCC(C(=O)O)n1c(C)ccc1C. The van der Waals surface area contributed by atoms with Gasteiger partial charge in [-0.05, 0) is 44.4 Å². The van der Waals surface area contributed by atoms with Gasteiger partial charge in [0.1, 0.15) is 6.04 Å². The lowest BCUT2D eigenvalue weighted by Crippen LogP contribution is -2.21. The summed E-state index contributed by atoms with van der Waals surface area (Å²) in [4.78, 5) is 11.2. The third kappa shape index (κ3) is 2.78. The molecular formula is C11H17NO2S. The average molecular weight is 227 g/mol. The highest BCUT2D eigenvalue weighted by Crippen LogP contribution is 2.20.